The first-order valence-corrected chi connectivity index (χ1v) is 8.28. The molecular weight excluding hydrogens is 312 g/mol. The zero-order valence-electron chi connectivity index (χ0n) is 12.3. The van der Waals surface area contributed by atoms with Gasteiger partial charge in [-0.2, -0.15) is 0 Å². The zero-order valence-corrected chi connectivity index (χ0v) is 13.1. The van der Waals surface area contributed by atoms with E-state index in [2.05, 4.69) is 4.72 Å². The molecule has 1 saturated carbocycles. The van der Waals surface area contributed by atoms with Crippen molar-refractivity contribution < 1.29 is 22.8 Å². The van der Waals surface area contributed by atoms with Crippen LogP contribution in [0.2, 0.25) is 0 Å². The number of nitrogens with one attached hydrogen (secondary N) is 1. The topological polar surface area (TPSA) is 108 Å². The third-order valence-electron chi connectivity index (χ3n) is 3.57. The van der Waals surface area contributed by atoms with Gasteiger partial charge < -0.3 is 9.47 Å². The number of non-ortho nitro benzene ring substituents is 1. The summed E-state index contributed by atoms with van der Waals surface area (Å²) in [6.07, 6.45) is 0.0609. The average molecular weight is 330 g/mol. The first kappa shape index (κ1) is 16.8. The molecule has 0 bridgehead atoms. The summed E-state index contributed by atoms with van der Waals surface area (Å²) in [5, 5.41) is 10.6. The first-order chi connectivity index (χ1) is 10.4. The number of hydrogen-bond acceptors (Lipinski definition) is 6. The molecule has 0 saturated heterocycles. The lowest BCUT2D eigenvalue weighted by Crippen LogP contribution is -2.60. The van der Waals surface area contributed by atoms with Gasteiger partial charge in [-0.05, 0) is 25.5 Å². The second-order valence-electron chi connectivity index (χ2n) is 4.91. The second kappa shape index (κ2) is 6.69. The van der Waals surface area contributed by atoms with Crippen LogP contribution < -0.4 is 4.72 Å². The molecule has 122 valence electrons. The standard InChI is InChI=1S/C13H18N2O6S/c1-3-21-12-8-11(13(12)20-2)14-22(18,19)10-6-4-9(5-7-10)15(16)17/h4-7,11-14H,3,8H2,1-2H3/t11-,12+,13-/m0/s1. The van der Waals surface area contributed by atoms with E-state index in [1.54, 1.807) is 0 Å². The SMILES string of the molecule is CCO[C@@H]1C[C@H](NS(=O)(=O)c2ccc([N+](=O)[O-])cc2)[C@@H]1OC. The smallest absolute Gasteiger partial charge is 0.269 e. The normalized spacial score (nSPS) is 24.7. The molecule has 1 aromatic carbocycles. The van der Waals surface area contributed by atoms with E-state index in [1.165, 1.54) is 19.2 Å². The highest BCUT2D eigenvalue weighted by atomic mass is 32.2. The van der Waals surface area contributed by atoms with Gasteiger partial charge in [-0.3, -0.25) is 10.1 Å². The molecule has 1 N–H and O–H groups in total. The van der Waals surface area contributed by atoms with Gasteiger partial charge in [-0.15, -0.1) is 0 Å². The van der Waals surface area contributed by atoms with Crippen molar-refractivity contribution in [2.45, 2.75) is 36.5 Å². The quantitative estimate of drug-likeness (QED) is 0.592. The lowest BCUT2D eigenvalue weighted by Gasteiger charge is -2.42. The fourth-order valence-corrected chi connectivity index (χ4v) is 3.66. The van der Waals surface area contributed by atoms with Gasteiger partial charge in [0.1, 0.15) is 0 Å². The third kappa shape index (κ3) is 3.43. The van der Waals surface area contributed by atoms with Crippen LogP contribution >= 0.6 is 0 Å². The van der Waals surface area contributed by atoms with E-state index in [0.29, 0.717) is 13.0 Å². The van der Waals surface area contributed by atoms with Crippen molar-refractivity contribution >= 4 is 15.7 Å². The van der Waals surface area contributed by atoms with Crippen molar-refractivity contribution in [1.82, 2.24) is 4.72 Å². The van der Waals surface area contributed by atoms with Crippen LogP contribution in [0.5, 0.6) is 0 Å². The molecule has 3 atom stereocenters. The summed E-state index contributed by atoms with van der Waals surface area (Å²) in [5.74, 6) is 0. The van der Waals surface area contributed by atoms with Gasteiger partial charge in [-0.25, -0.2) is 13.1 Å². The minimum Gasteiger partial charge on any atom is -0.377 e. The van der Waals surface area contributed by atoms with E-state index in [9.17, 15) is 18.5 Å². The van der Waals surface area contributed by atoms with Crippen molar-refractivity contribution in [2.24, 2.45) is 0 Å². The van der Waals surface area contributed by atoms with Crippen molar-refractivity contribution in [3.8, 4) is 0 Å². The molecule has 2 rings (SSSR count). The summed E-state index contributed by atoms with van der Waals surface area (Å²) in [6, 6.07) is 4.36. The Kier molecular flexibility index (Phi) is 5.12. The Labute approximate surface area is 128 Å². The zero-order chi connectivity index (χ0) is 16.3. The highest BCUT2D eigenvalue weighted by Gasteiger charge is 2.44. The minimum absolute atomic E-state index is 0.0205. The van der Waals surface area contributed by atoms with Gasteiger partial charge in [0.2, 0.25) is 10.0 Å². The monoisotopic (exact) mass is 330 g/mol. The Morgan fingerprint density at radius 1 is 1.36 bits per heavy atom. The maximum Gasteiger partial charge on any atom is 0.269 e. The highest BCUT2D eigenvalue weighted by Crippen LogP contribution is 2.28. The number of hydrogen-bond donors (Lipinski definition) is 1. The number of nitro groups is 1. The molecule has 0 heterocycles. The second-order valence-corrected chi connectivity index (χ2v) is 6.62. The summed E-state index contributed by atoms with van der Waals surface area (Å²) in [5.41, 5.74) is -0.159. The first-order valence-electron chi connectivity index (χ1n) is 6.80. The predicted molar refractivity (Wildman–Crippen MR) is 78.0 cm³/mol. The number of sulfonamides is 1. The summed E-state index contributed by atoms with van der Waals surface area (Å²) >= 11 is 0. The Bertz CT molecular complexity index is 630. The van der Waals surface area contributed by atoms with Crippen LogP contribution in [-0.4, -0.2) is 45.3 Å². The van der Waals surface area contributed by atoms with Crippen molar-refractivity contribution in [3.05, 3.63) is 34.4 Å². The fraction of sp³-hybridized carbons (Fsp3) is 0.538. The van der Waals surface area contributed by atoms with Gasteiger partial charge in [-0.1, -0.05) is 0 Å². The van der Waals surface area contributed by atoms with Gasteiger partial charge >= 0.3 is 0 Å². The Balaban J connectivity index is 2.07. The molecule has 0 amide bonds. The lowest BCUT2D eigenvalue weighted by molar-refractivity contribution is -0.384. The number of ether oxygens (including phenoxy) is 2. The van der Waals surface area contributed by atoms with Crippen molar-refractivity contribution in [2.75, 3.05) is 13.7 Å². The number of rotatable bonds is 7. The van der Waals surface area contributed by atoms with Crippen LogP contribution in [0.3, 0.4) is 0 Å². The van der Waals surface area contributed by atoms with Crippen LogP contribution in [0.15, 0.2) is 29.2 Å². The molecule has 0 aromatic heterocycles. The largest absolute Gasteiger partial charge is 0.377 e. The van der Waals surface area contributed by atoms with Crippen molar-refractivity contribution in [3.63, 3.8) is 0 Å². The van der Waals surface area contributed by atoms with Crippen molar-refractivity contribution in [1.29, 1.82) is 0 Å². The van der Waals surface area contributed by atoms with E-state index in [4.69, 9.17) is 9.47 Å². The number of methoxy groups -OCH3 is 1. The molecule has 1 aliphatic rings. The summed E-state index contributed by atoms with van der Waals surface area (Å²) in [7, 11) is -2.25. The van der Waals surface area contributed by atoms with Gasteiger partial charge in [0, 0.05) is 25.8 Å². The fourth-order valence-electron chi connectivity index (χ4n) is 2.40. The molecular formula is C13H18N2O6S. The Morgan fingerprint density at radius 2 is 2.00 bits per heavy atom. The van der Waals surface area contributed by atoms with E-state index in [1.807, 2.05) is 6.92 Å². The van der Waals surface area contributed by atoms with Crippen LogP contribution in [0.1, 0.15) is 13.3 Å². The van der Waals surface area contributed by atoms with E-state index in [-0.39, 0.29) is 28.8 Å². The molecule has 0 aliphatic heterocycles. The van der Waals surface area contributed by atoms with E-state index < -0.39 is 14.9 Å². The molecule has 0 spiro atoms. The maximum absolute atomic E-state index is 12.3. The lowest BCUT2D eigenvalue weighted by atomic mass is 9.86. The number of nitrogens with zero attached hydrogens (tertiary/aromatic N) is 1. The van der Waals surface area contributed by atoms with E-state index in [0.717, 1.165) is 12.1 Å². The van der Waals surface area contributed by atoms with E-state index >= 15 is 0 Å². The van der Waals surface area contributed by atoms with Crippen LogP contribution in [0.25, 0.3) is 0 Å². The van der Waals surface area contributed by atoms with Crippen LogP contribution in [-0.2, 0) is 19.5 Å². The molecule has 8 nitrogen and oxygen atoms in total. The van der Waals surface area contributed by atoms with Gasteiger partial charge in [0.25, 0.3) is 5.69 Å². The maximum atomic E-state index is 12.3. The molecule has 22 heavy (non-hydrogen) atoms. The summed E-state index contributed by atoms with van der Waals surface area (Å²) in [4.78, 5) is 9.98. The summed E-state index contributed by atoms with van der Waals surface area (Å²) < 4.78 is 37.8. The molecule has 1 aromatic rings. The minimum atomic E-state index is -3.75. The average Bonchev–Trinajstić information content (AvgIpc) is 2.46. The van der Waals surface area contributed by atoms with Gasteiger partial charge in [0.05, 0.1) is 28.1 Å². The predicted octanol–water partition coefficient (Wildman–Crippen LogP) is 1.07. The number of benzene rings is 1. The Morgan fingerprint density at radius 3 is 2.50 bits per heavy atom. The van der Waals surface area contributed by atoms with Gasteiger partial charge in [0.15, 0.2) is 0 Å². The molecule has 0 unspecified atom stereocenters. The molecule has 1 fully saturated rings. The summed E-state index contributed by atoms with van der Waals surface area (Å²) in [6.45, 7) is 2.40. The Hall–Kier alpha value is -1.55. The number of nitro benzene ring substituents is 1. The molecule has 1 aliphatic carbocycles. The highest BCUT2D eigenvalue weighted by molar-refractivity contribution is 7.89. The van der Waals surface area contributed by atoms with Crippen LogP contribution in [0, 0.1) is 10.1 Å². The molecule has 0 radical (unpaired) electrons. The van der Waals surface area contributed by atoms with Crippen LogP contribution in [0.4, 0.5) is 5.69 Å². The molecule has 9 heteroatoms. The third-order valence-corrected chi connectivity index (χ3v) is 5.07.